The molecule has 1 amide bonds. The number of anilines is 1. The second-order valence-electron chi connectivity index (χ2n) is 7.13. The van der Waals surface area contributed by atoms with Gasteiger partial charge in [0, 0.05) is 31.6 Å². The van der Waals surface area contributed by atoms with Gasteiger partial charge >= 0.3 is 0 Å². The van der Waals surface area contributed by atoms with Gasteiger partial charge in [0.05, 0.1) is 15.8 Å². The summed E-state index contributed by atoms with van der Waals surface area (Å²) < 4.78 is 33.9. The molecule has 31 heavy (non-hydrogen) atoms. The van der Waals surface area contributed by atoms with Crippen molar-refractivity contribution < 1.29 is 22.7 Å². The third-order valence-electron chi connectivity index (χ3n) is 4.89. The van der Waals surface area contributed by atoms with E-state index in [1.54, 1.807) is 31.2 Å². The molecule has 10 heteroatoms. The van der Waals surface area contributed by atoms with E-state index in [0.717, 1.165) is 19.3 Å². The van der Waals surface area contributed by atoms with Crippen LogP contribution in [0.5, 0.6) is 5.75 Å². The summed E-state index contributed by atoms with van der Waals surface area (Å²) in [6.45, 7) is 3.05. The number of sulfonamides is 1. The van der Waals surface area contributed by atoms with Crippen LogP contribution < -0.4 is 10.1 Å². The Balaban J connectivity index is 1.72. The Bertz CT molecular complexity index is 1050. The average molecular weight is 485 g/mol. The van der Waals surface area contributed by atoms with Crippen LogP contribution in [0.25, 0.3) is 0 Å². The average Bonchev–Trinajstić information content (AvgIpc) is 3.20. The Morgan fingerprint density at radius 3 is 2.52 bits per heavy atom. The summed E-state index contributed by atoms with van der Waals surface area (Å²) in [6.07, 6.45) is 2.68. The van der Waals surface area contributed by atoms with E-state index in [1.807, 2.05) is 0 Å². The zero-order chi connectivity index (χ0) is 22.4. The number of thiophene rings is 1. The van der Waals surface area contributed by atoms with Crippen molar-refractivity contribution in [2.45, 2.75) is 43.9 Å². The van der Waals surface area contributed by atoms with Crippen molar-refractivity contribution in [2.75, 3.05) is 25.0 Å². The number of hydrogen-bond donors (Lipinski definition) is 1. The van der Waals surface area contributed by atoms with Crippen molar-refractivity contribution in [3.05, 3.63) is 39.5 Å². The van der Waals surface area contributed by atoms with Crippen LogP contribution in [0.15, 0.2) is 35.2 Å². The third kappa shape index (κ3) is 6.06. The van der Waals surface area contributed by atoms with E-state index in [2.05, 4.69) is 5.32 Å². The van der Waals surface area contributed by atoms with Crippen LogP contribution in [0.1, 0.15) is 48.7 Å². The monoisotopic (exact) mass is 484 g/mol. The number of ether oxygens (including phenoxy) is 1. The van der Waals surface area contributed by atoms with Crippen LogP contribution in [-0.4, -0.2) is 44.1 Å². The second-order valence-corrected chi connectivity index (χ2v) is 10.8. The predicted octanol–water partition coefficient (Wildman–Crippen LogP) is 4.58. The van der Waals surface area contributed by atoms with Gasteiger partial charge in [-0.15, -0.1) is 11.3 Å². The van der Waals surface area contributed by atoms with Gasteiger partial charge in [-0.05, 0) is 50.1 Å². The van der Waals surface area contributed by atoms with Crippen molar-refractivity contribution in [3.8, 4) is 5.75 Å². The number of piperidine rings is 1. The molecule has 0 unspecified atom stereocenters. The first-order valence-corrected chi connectivity index (χ1v) is 12.8. The summed E-state index contributed by atoms with van der Waals surface area (Å²) >= 11 is 7.02. The molecule has 2 aromatic rings. The molecular weight excluding hydrogens is 460 g/mol. The highest BCUT2D eigenvalue weighted by atomic mass is 35.5. The van der Waals surface area contributed by atoms with Crippen LogP contribution in [0.3, 0.4) is 0 Å². The van der Waals surface area contributed by atoms with E-state index in [9.17, 15) is 18.0 Å². The number of rotatable bonds is 9. The molecule has 7 nitrogen and oxygen atoms in total. The van der Waals surface area contributed by atoms with E-state index >= 15 is 0 Å². The summed E-state index contributed by atoms with van der Waals surface area (Å²) in [7, 11) is -3.74. The predicted molar refractivity (Wildman–Crippen MR) is 122 cm³/mol. The van der Waals surface area contributed by atoms with Gasteiger partial charge in [0.15, 0.2) is 5.78 Å². The van der Waals surface area contributed by atoms with Crippen molar-refractivity contribution in [1.29, 1.82) is 0 Å². The van der Waals surface area contributed by atoms with Crippen LogP contribution in [0.2, 0.25) is 4.34 Å². The molecule has 0 spiro atoms. The number of ketones is 1. The normalized spacial score (nSPS) is 14.9. The number of nitrogens with zero attached hydrogens (tertiary/aromatic N) is 1. The number of nitrogens with one attached hydrogen (secondary N) is 1. The first kappa shape index (κ1) is 23.7. The Kier molecular flexibility index (Phi) is 8.10. The fourth-order valence-electron chi connectivity index (χ4n) is 3.34. The minimum Gasteiger partial charge on any atom is -0.492 e. The number of amides is 1. The molecule has 1 aromatic heterocycles. The number of halogens is 1. The number of Topliss-reactive ketones (excluding diaryl/α,β-unsaturated/α-hetero) is 1. The largest absolute Gasteiger partial charge is 0.492 e. The molecule has 1 fully saturated rings. The lowest BCUT2D eigenvalue weighted by atomic mass is 10.2. The minimum absolute atomic E-state index is 0.0181. The molecule has 1 saturated heterocycles. The van der Waals surface area contributed by atoms with Crippen molar-refractivity contribution in [3.63, 3.8) is 0 Å². The van der Waals surface area contributed by atoms with Crippen LogP contribution >= 0.6 is 22.9 Å². The van der Waals surface area contributed by atoms with Gasteiger partial charge < -0.3 is 10.1 Å². The van der Waals surface area contributed by atoms with Crippen LogP contribution in [0, 0.1) is 0 Å². The van der Waals surface area contributed by atoms with Crippen LogP contribution in [0.4, 0.5) is 5.69 Å². The molecule has 0 aliphatic carbocycles. The van der Waals surface area contributed by atoms with Gasteiger partial charge in [-0.25, -0.2) is 8.42 Å². The Morgan fingerprint density at radius 2 is 1.87 bits per heavy atom. The third-order valence-corrected chi connectivity index (χ3v) is 8.08. The number of benzene rings is 1. The first-order valence-electron chi connectivity index (χ1n) is 10.2. The highest BCUT2D eigenvalue weighted by molar-refractivity contribution is 7.89. The molecule has 0 atom stereocenters. The second kappa shape index (κ2) is 10.6. The maximum Gasteiger partial charge on any atom is 0.246 e. The topological polar surface area (TPSA) is 92.8 Å². The van der Waals surface area contributed by atoms with Crippen molar-refractivity contribution >= 4 is 50.3 Å². The van der Waals surface area contributed by atoms with Gasteiger partial charge in [-0.2, -0.15) is 4.31 Å². The molecule has 0 bridgehead atoms. The molecule has 3 rings (SSSR count). The first-order chi connectivity index (χ1) is 14.8. The van der Waals surface area contributed by atoms with E-state index < -0.39 is 10.0 Å². The van der Waals surface area contributed by atoms with Gasteiger partial charge in [0.2, 0.25) is 15.9 Å². The molecule has 0 saturated carbocycles. The van der Waals surface area contributed by atoms with E-state index in [4.69, 9.17) is 16.3 Å². The summed E-state index contributed by atoms with van der Waals surface area (Å²) in [5.74, 6) is -0.274. The molecular formula is C21H25ClN2O5S2. The van der Waals surface area contributed by atoms with E-state index in [-0.39, 0.29) is 35.2 Å². The van der Waals surface area contributed by atoms with Gasteiger partial charge in [-0.1, -0.05) is 18.0 Å². The molecule has 1 aliphatic heterocycles. The maximum absolute atomic E-state index is 13.2. The van der Waals surface area contributed by atoms with Crippen LogP contribution in [-0.2, 0) is 14.8 Å². The molecule has 1 N–H and O–H groups in total. The van der Waals surface area contributed by atoms with Gasteiger partial charge in [0.1, 0.15) is 10.6 Å². The standard InChI is InChI=1S/C21H25ClN2O5S2/c1-2-29-17-8-6-15(14-19(17)31(27,28)24-12-4-3-5-13-24)23-21(26)11-7-16(25)18-9-10-20(22)30-18/h6,8-10,14H,2-5,7,11-13H2,1H3,(H,23,26). The lowest BCUT2D eigenvalue weighted by Crippen LogP contribution is -2.35. The van der Waals surface area contributed by atoms with E-state index in [1.165, 1.54) is 21.7 Å². The summed E-state index contributed by atoms with van der Waals surface area (Å²) in [5.41, 5.74) is 0.343. The molecule has 1 aliphatic rings. The fraction of sp³-hybridized carbons (Fsp3) is 0.429. The Hall–Kier alpha value is -1.94. The summed E-state index contributed by atoms with van der Waals surface area (Å²) in [6, 6.07) is 7.85. The summed E-state index contributed by atoms with van der Waals surface area (Å²) in [5, 5.41) is 2.69. The maximum atomic E-state index is 13.2. The number of carbonyl (C=O) groups is 2. The van der Waals surface area contributed by atoms with E-state index in [0.29, 0.717) is 34.6 Å². The lowest BCUT2D eigenvalue weighted by molar-refractivity contribution is -0.116. The van der Waals surface area contributed by atoms with Gasteiger partial charge in [0.25, 0.3) is 0 Å². The van der Waals surface area contributed by atoms with Gasteiger partial charge in [-0.3, -0.25) is 9.59 Å². The Morgan fingerprint density at radius 1 is 1.13 bits per heavy atom. The highest BCUT2D eigenvalue weighted by Gasteiger charge is 2.29. The smallest absolute Gasteiger partial charge is 0.246 e. The number of hydrogen-bond acceptors (Lipinski definition) is 6. The number of carbonyl (C=O) groups excluding carboxylic acids is 2. The molecule has 168 valence electrons. The highest BCUT2D eigenvalue weighted by Crippen LogP contribution is 2.31. The zero-order valence-electron chi connectivity index (χ0n) is 17.2. The Labute approximate surface area is 191 Å². The molecule has 1 aromatic carbocycles. The molecule has 2 heterocycles. The lowest BCUT2D eigenvalue weighted by Gasteiger charge is -2.27. The quantitative estimate of drug-likeness (QED) is 0.526. The SMILES string of the molecule is CCOc1ccc(NC(=O)CCC(=O)c2ccc(Cl)s2)cc1S(=O)(=O)N1CCCCC1. The molecule has 0 radical (unpaired) electrons. The fourth-order valence-corrected chi connectivity index (χ4v) is 6.03. The summed E-state index contributed by atoms with van der Waals surface area (Å²) in [4.78, 5) is 25.1. The zero-order valence-corrected chi connectivity index (χ0v) is 19.6. The van der Waals surface area contributed by atoms with Crippen molar-refractivity contribution in [1.82, 2.24) is 4.31 Å². The van der Waals surface area contributed by atoms with Crippen molar-refractivity contribution in [2.24, 2.45) is 0 Å². The minimum atomic E-state index is -3.74.